The van der Waals surface area contributed by atoms with Crippen molar-refractivity contribution in [3.63, 3.8) is 0 Å². The number of amides is 3. The van der Waals surface area contributed by atoms with Crippen molar-refractivity contribution in [3.8, 4) is 5.75 Å². The van der Waals surface area contributed by atoms with E-state index < -0.39 is 35.9 Å². The second kappa shape index (κ2) is 7.63. The predicted octanol–water partition coefficient (Wildman–Crippen LogP) is 0.914. The SMILES string of the molecule is C=CCNC(=O)NC(=O)COc1cccc(F)c1C(=O)O. The number of hydrogen-bond donors (Lipinski definition) is 3. The smallest absolute Gasteiger partial charge is 0.342 e. The molecule has 8 heteroatoms. The standard InChI is InChI=1S/C13H13FN2O5/c1-2-6-15-13(20)16-10(17)7-21-9-5-3-4-8(14)11(9)12(18)19/h2-5H,1,6-7H2,(H,18,19)(H2,15,16,17,20). The quantitative estimate of drug-likeness (QED) is 0.677. The molecule has 0 aliphatic heterocycles. The zero-order valence-corrected chi connectivity index (χ0v) is 10.9. The maximum atomic E-state index is 13.3. The van der Waals surface area contributed by atoms with E-state index in [1.807, 2.05) is 5.32 Å². The highest BCUT2D eigenvalue weighted by atomic mass is 19.1. The summed E-state index contributed by atoms with van der Waals surface area (Å²) in [5.41, 5.74) is -0.679. The van der Waals surface area contributed by atoms with Gasteiger partial charge in [0.25, 0.3) is 5.91 Å². The third-order valence-corrected chi connectivity index (χ3v) is 2.21. The molecule has 0 aliphatic carbocycles. The van der Waals surface area contributed by atoms with Crippen LogP contribution in [0.25, 0.3) is 0 Å². The van der Waals surface area contributed by atoms with Gasteiger partial charge >= 0.3 is 12.0 Å². The van der Waals surface area contributed by atoms with Gasteiger partial charge in [-0.3, -0.25) is 10.1 Å². The van der Waals surface area contributed by atoms with E-state index in [1.165, 1.54) is 18.2 Å². The van der Waals surface area contributed by atoms with Crippen LogP contribution in [0.2, 0.25) is 0 Å². The van der Waals surface area contributed by atoms with Crippen molar-refractivity contribution in [3.05, 3.63) is 42.2 Å². The first-order valence-corrected chi connectivity index (χ1v) is 5.79. The van der Waals surface area contributed by atoms with Crippen LogP contribution in [-0.4, -0.2) is 36.2 Å². The summed E-state index contributed by atoms with van der Waals surface area (Å²) >= 11 is 0. The number of urea groups is 1. The molecule has 0 saturated heterocycles. The molecule has 0 atom stereocenters. The molecule has 0 spiro atoms. The molecule has 0 unspecified atom stereocenters. The molecule has 0 bridgehead atoms. The van der Waals surface area contributed by atoms with Crippen LogP contribution in [0.5, 0.6) is 5.75 Å². The summed E-state index contributed by atoms with van der Waals surface area (Å²) in [5.74, 6) is -3.61. The van der Waals surface area contributed by atoms with Crippen LogP contribution in [0.1, 0.15) is 10.4 Å². The molecule has 0 aliphatic rings. The van der Waals surface area contributed by atoms with Gasteiger partial charge < -0.3 is 15.2 Å². The molecule has 3 amide bonds. The van der Waals surface area contributed by atoms with Gasteiger partial charge in [0.2, 0.25) is 0 Å². The summed E-state index contributed by atoms with van der Waals surface area (Å²) in [6.07, 6.45) is 1.42. The number of ether oxygens (including phenoxy) is 1. The summed E-state index contributed by atoms with van der Waals surface area (Å²) < 4.78 is 18.3. The number of rotatable bonds is 6. The first-order valence-electron chi connectivity index (χ1n) is 5.79. The molecule has 0 aromatic heterocycles. The lowest BCUT2D eigenvalue weighted by Gasteiger charge is -2.09. The lowest BCUT2D eigenvalue weighted by molar-refractivity contribution is -0.122. The van der Waals surface area contributed by atoms with Crippen molar-refractivity contribution >= 4 is 17.9 Å². The fraction of sp³-hybridized carbons (Fsp3) is 0.154. The second-order valence-corrected chi connectivity index (χ2v) is 3.75. The van der Waals surface area contributed by atoms with Gasteiger partial charge in [0.05, 0.1) is 0 Å². The molecule has 1 aromatic rings. The number of carboxylic acids is 1. The van der Waals surface area contributed by atoms with Crippen LogP contribution in [0.4, 0.5) is 9.18 Å². The van der Waals surface area contributed by atoms with Crippen molar-refractivity contribution in [1.29, 1.82) is 0 Å². The largest absolute Gasteiger partial charge is 0.483 e. The third kappa shape index (κ3) is 4.94. The van der Waals surface area contributed by atoms with Crippen LogP contribution in [0, 0.1) is 5.82 Å². The average Bonchev–Trinajstić information content (AvgIpc) is 2.42. The van der Waals surface area contributed by atoms with Crippen molar-refractivity contribution in [2.75, 3.05) is 13.2 Å². The van der Waals surface area contributed by atoms with Gasteiger partial charge in [-0.05, 0) is 12.1 Å². The molecule has 112 valence electrons. The van der Waals surface area contributed by atoms with Gasteiger partial charge in [-0.1, -0.05) is 12.1 Å². The second-order valence-electron chi connectivity index (χ2n) is 3.75. The number of hydrogen-bond acceptors (Lipinski definition) is 4. The first kappa shape index (κ1) is 16.2. The lowest BCUT2D eigenvalue weighted by atomic mass is 10.2. The number of imide groups is 1. The van der Waals surface area contributed by atoms with E-state index in [0.717, 1.165) is 6.07 Å². The van der Waals surface area contributed by atoms with E-state index >= 15 is 0 Å². The first-order chi connectivity index (χ1) is 9.95. The minimum atomic E-state index is -1.52. The average molecular weight is 296 g/mol. The summed E-state index contributed by atoms with van der Waals surface area (Å²) in [6, 6.07) is 2.66. The zero-order valence-electron chi connectivity index (χ0n) is 10.9. The molecule has 3 N–H and O–H groups in total. The van der Waals surface area contributed by atoms with E-state index in [2.05, 4.69) is 11.9 Å². The zero-order chi connectivity index (χ0) is 15.8. The highest BCUT2D eigenvalue weighted by molar-refractivity contribution is 5.95. The van der Waals surface area contributed by atoms with Gasteiger partial charge in [0.1, 0.15) is 17.1 Å². The third-order valence-electron chi connectivity index (χ3n) is 2.21. The highest BCUT2D eigenvalue weighted by Crippen LogP contribution is 2.21. The Labute approximate surface area is 119 Å². The fourth-order valence-corrected chi connectivity index (χ4v) is 1.35. The van der Waals surface area contributed by atoms with Gasteiger partial charge in [-0.25, -0.2) is 14.0 Å². The molecule has 1 rings (SSSR count). The minimum Gasteiger partial charge on any atom is -0.483 e. The Bertz CT molecular complexity index is 574. The molecule has 7 nitrogen and oxygen atoms in total. The summed E-state index contributed by atoms with van der Waals surface area (Å²) in [4.78, 5) is 33.4. The van der Waals surface area contributed by atoms with Crippen molar-refractivity contribution in [2.24, 2.45) is 0 Å². The molecular weight excluding hydrogens is 283 g/mol. The Morgan fingerprint density at radius 1 is 1.38 bits per heavy atom. The van der Waals surface area contributed by atoms with Gasteiger partial charge in [0, 0.05) is 6.54 Å². The van der Waals surface area contributed by atoms with Gasteiger partial charge in [0.15, 0.2) is 6.61 Å². The van der Waals surface area contributed by atoms with E-state index in [4.69, 9.17) is 9.84 Å². The Morgan fingerprint density at radius 2 is 2.10 bits per heavy atom. The number of nitrogens with one attached hydrogen (secondary N) is 2. The minimum absolute atomic E-state index is 0.174. The van der Waals surface area contributed by atoms with Crippen LogP contribution in [0.3, 0.4) is 0 Å². The van der Waals surface area contributed by atoms with Crippen LogP contribution in [0.15, 0.2) is 30.9 Å². The van der Waals surface area contributed by atoms with E-state index in [0.29, 0.717) is 0 Å². The molecule has 0 heterocycles. The maximum Gasteiger partial charge on any atom is 0.342 e. The summed E-state index contributed by atoms with van der Waals surface area (Å²) in [6.45, 7) is 2.92. The van der Waals surface area contributed by atoms with Crippen LogP contribution >= 0.6 is 0 Å². The monoisotopic (exact) mass is 296 g/mol. The molecule has 0 fully saturated rings. The summed E-state index contributed by atoms with van der Waals surface area (Å²) in [7, 11) is 0. The Hall–Kier alpha value is -2.90. The van der Waals surface area contributed by atoms with E-state index in [9.17, 15) is 18.8 Å². The van der Waals surface area contributed by atoms with E-state index in [1.54, 1.807) is 0 Å². The van der Waals surface area contributed by atoms with Crippen molar-refractivity contribution < 1.29 is 28.6 Å². The molecule has 0 saturated carbocycles. The topological polar surface area (TPSA) is 105 Å². The number of carboxylic acid groups (broad SMARTS) is 1. The van der Waals surface area contributed by atoms with Crippen molar-refractivity contribution in [2.45, 2.75) is 0 Å². The number of aromatic carboxylic acids is 1. The molecular formula is C13H13FN2O5. The molecule has 1 aromatic carbocycles. The molecule has 21 heavy (non-hydrogen) atoms. The Morgan fingerprint density at radius 3 is 2.71 bits per heavy atom. The number of halogens is 1. The van der Waals surface area contributed by atoms with Crippen LogP contribution < -0.4 is 15.4 Å². The summed E-state index contributed by atoms with van der Waals surface area (Å²) in [5, 5.41) is 13.1. The van der Waals surface area contributed by atoms with Gasteiger partial charge in [-0.2, -0.15) is 0 Å². The predicted molar refractivity (Wildman–Crippen MR) is 70.6 cm³/mol. The Balaban J connectivity index is 2.61. The number of carbonyl (C=O) groups excluding carboxylic acids is 2. The number of carbonyl (C=O) groups is 3. The van der Waals surface area contributed by atoms with Gasteiger partial charge in [-0.15, -0.1) is 6.58 Å². The fourth-order valence-electron chi connectivity index (χ4n) is 1.35. The Kier molecular flexibility index (Phi) is 5.87. The van der Waals surface area contributed by atoms with Crippen LogP contribution in [-0.2, 0) is 4.79 Å². The normalized spacial score (nSPS) is 9.57. The van der Waals surface area contributed by atoms with E-state index in [-0.39, 0.29) is 12.3 Å². The maximum absolute atomic E-state index is 13.3. The molecule has 0 radical (unpaired) electrons. The highest BCUT2D eigenvalue weighted by Gasteiger charge is 2.18. The number of benzene rings is 1. The van der Waals surface area contributed by atoms with Crippen molar-refractivity contribution in [1.82, 2.24) is 10.6 Å². The lowest BCUT2D eigenvalue weighted by Crippen LogP contribution is -2.41.